The number of nitrogens with one attached hydrogen (secondary N) is 2. The Morgan fingerprint density at radius 3 is 2.48 bits per heavy atom. The van der Waals surface area contributed by atoms with Gasteiger partial charge in [0.2, 0.25) is 5.91 Å². The van der Waals surface area contributed by atoms with Crippen molar-refractivity contribution in [1.29, 1.82) is 0 Å². The van der Waals surface area contributed by atoms with E-state index in [1.165, 1.54) is 25.7 Å². The number of nitrogens with zero attached hydrogens (tertiary/aromatic N) is 2. The first-order valence-electron chi connectivity index (χ1n) is 9.00. The summed E-state index contributed by atoms with van der Waals surface area (Å²) in [6, 6.07) is 0.386. The van der Waals surface area contributed by atoms with Crippen LogP contribution in [-0.2, 0) is 4.79 Å². The largest absolute Gasteiger partial charge is 0.357 e. The number of carbonyl (C=O) groups excluding carboxylic acids is 1. The van der Waals surface area contributed by atoms with Crippen LogP contribution in [-0.4, -0.2) is 49.0 Å². The summed E-state index contributed by atoms with van der Waals surface area (Å²) in [5.41, 5.74) is 0. The molecule has 0 aromatic heterocycles. The van der Waals surface area contributed by atoms with Crippen molar-refractivity contribution in [2.75, 3.05) is 26.2 Å². The summed E-state index contributed by atoms with van der Waals surface area (Å²) in [5.74, 6) is 0.906. The Morgan fingerprint density at radius 2 is 1.87 bits per heavy atom. The van der Waals surface area contributed by atoms with Crippen LogP contribution in [0.4, 0.5) is 0 Å². The van der Waals surface area contributed by atoms with E-state index in [1.54, 1.807) is 0 Å². The van der Waals surface area contributed by atoms with Gasteiger partial charge in [0, 0.05) is 25.7 Å². The lowest BCUT2D eigenvalue weighted by atomic mass is 10.1. The molecule has 1 unspecified atom stereocenters. The molecule has 6 heteroatoms. The van der Waals surface area contributed by atoms with E-state index in [0.717, 1.165) is 44.9 Å². The zero-order chi connectivity index (χ0) is 16.2. The highest BCUT2D eigenvalue weighted by molar-refractivity contribution is 14.0. The summed E-state index contributed by atoms with van der Waals surface area (Å²) in [6.45, 7) is 9.31. The maximum Gasteiger partial charge on any atom is 0.244 e. The molecule has 1 heterocycles. The molecule has 0 aliphatic carbocycles. The van der Waals surface area contributed by atoms with Crippen molar-refractivity contribution in [1.82, 2.24) is 15.5 Å². The Bertz CT molecular complexity index is 343. The Morgan fingerprint density at radius 1 is 1.17 bits per heavy atom. The third-order valence-electron chi connectivity index (χ3n) is 4.05. The number of guanidine groups is 1. The van der Waals surface area contributed by atoms with E-state index >= 15 is 0 Å². The van der Waals surface area contributed by atoms with Crippen molar-refractivity contribution in [3.8, 4) is 0 Å². The SMILES string of the molecule is CCCCCCC(C)NC(=NCC(=O)N1CCCC1)NCC.I. The monoisotopic (exact) mass is 438 g/mol. The van der Waals surface area contributed by atoms with E-state index in [4.69, 9.17) is 0 Å². The molecule has 5 nitrogen and oxygen atoms in total. The van der Waals surface area contributed by atoms with Crippen molar-refractivity contribution in [2.45, 2.75) is 71.8 Å². The molecule has 136 valence electrons. The number of halogens is 1. The number of hydrogen-bond acceptors (Lipinski definition) is 2. The number of amides is 1. The Kier molecular flexibility index (Phi) is 13.5. The summed E-state index contributed by atoms with van der Waals surface area (Å²) >= 11 is 0. The zero-order valence-electron chi connectivity index (χ0n) is 15.1. The van der Waals surface area contributed by atoms with Crippen LogP contribution in [0.5, 0.6) is 0 Å². The summed E-state index contributed by atoms with van der Waals surface area (Å²) in [5, 5.41) is 6.64. The number of carbonyl (C=O) groups is 1. The Hall–Kier alpha value is -0.530. The van der Waals surface area contributed by atoms with Crippen LogP contribution in [0.3, 0.4) is 0 Å². The van der Waals surface area contributed by atoms with Crippen LogP contribution < -0.4 is 10.6 Å². The van der Waals surface area contributed by atoms with Gasteiger partial charge in [0.15, 0.2) is 5.96 Å². The molecule has 0 aromatic rings. The first-order valence-corrected chi connectivity index (χ1v) is 9.00. The lowest BCUT2D eigenvalue weighted by Crippen LogP contribution is -2.43. The van der Waals surface area contributed by atoms with E-state index in [2.05, 4.69) is 29.5 Å². The smallest absolute Gasteiger partial charge is 0.244 e. The number of aliphatic imine (C=N–C) groups is 1. The summed E-state index contributed by atoms with van der Waals surface area (Å²) < 4.78 is 0. The third-order valence-corrected chi connectivity index (χ3v) is 4.05. The van der Waals surface area contributed by atoms with Gasteiger partial charge in [0.1, 0.15) is 6.54 Å². The van der Waals surface area contributed by atoms with Gasteiger partial charge < -0.3 is 15.5 Å². The molecule has 1 saturated heterocycles. The maximum absolute atomic E-state index is 12.0. The van der Waals surface area contributed by atoms with Crippen molar-refractivity contribution >= 4 is 35.8 Å². The lowest BCUT2D eigenvalue weighted by molar-refractivity contribution is -0.128. The Balaban J connectivity index is 0.00000484. The average Bonchev–Trinajstić information content (AvgIpc) is 3.03. The van der Waals surface area contributed by atoms with Gasteiger partial charge >= 0.3 is 0 Å². The molecule has 2 N–H and O–H groups in total. The molecule has 0 radical (unpaired) electrons. The van der Waals surface area contributed by atoms with E-state index in [-0.39, 0.29) is 36.4 Å². The standard InChI is InChI=1S/C17H34N4O.HI/c1-4-6-7-8-11-15(3)20-17(18-5-2)19-14-16(22)21-12-9-10-13-21;/h15H,4-14H2,1-3H3,(H2,18,19,20);1H. The van der Waals surface area contributed by atoms with Gasteiger partial charge in [-0.15, -0.1) is 24.0 Å². The zero-order valence-corrected chi connectivity index (χ0v) is 17.4. The van der Waals surface area contributed by atoms with E-state index in [0.29, 0.717) is 6.04 Å². The second-order valence-electron chi connectivity index (χ2n) is 6.18. The number of rotatable bonds is 9. The number of likely N-dealkylation sites (tertiary alicyclic amines) is 1. The van der Waals surface area contributed by atoms with Crippen molar-refractivity contribution in [3.05, 3.63) is 0 Å². The van der Waals surface area contributed by atoms with Crippen LogP contribution in [0.2, 0.25) is 0 Å². The van der Waals surface area contributed by atoms with Crippen LogP contribution in [0, 0.1) is 0 Å². The third kappa shape index (κ3) is 10.0. The van der Waals surface area contributed by atoms with Crippen LogP contribution in [0.25, 0.3) is 0 Å². The fourth-order valence-electron chi connectivity index (χ4n) is 2.72. The summed E-state index contributed by atoms with van der Waals surface area (Å²) in [4.78, 5) is 18.4. The molecule has 1 aliphatic heterocycles. The highest BCUT2D eigenvalue weighted by Gasteiger charge is 2.17. The Labute approximate surface area is 159 Å². The molecular weight excluding hydrogens is 403 g/mol. The van der Waals surface area contributed by atoms with Gasteiger partial charge in [-0.1, -0.05) is 32.6 Å². The fraction of sp³-hybridized carbons (Fsp3) is 0.882. The second kappa shape index (κ2) is 13.9. The van der Waals surface area contributed by atoms with Crippen molar-refractivity contribution < 1.29 is 4.79 Å². The fourth-order valence-corrected chi connectivity index (χ4v) is 2.72. The van der Waals surface area contributed by atoms with Gasteiger partial charge in [0.25, 0.3) is 0 Å². The molecule has 1 rings (SSSR count). The molecule has 1 amide bonds. The van der Waals surface area contributed by atoms with Gasteiger partial charge in [0.05, 0.1) is 0 Å². The number of hydrogen-bond donors (Lipinski definition) is 2. The lowest BCUT2D eigenvalue weighted by Gasteiger charge is -2.18. The molecule has 0 bridgehead atoms. The normalized spacial score (nSPS) is 16.0. The van der Waals surface area contributed by atoms with E-state index in [1.807, 2.05) is 11.8 Å². The second-order valence-corrected chi connectivity index (χ2v) is 6.18. The molecule has 1 aliphatic rings. The van der Waals surface area contributed by atoms with Gasteiger partial charge in [-0.05, 0) is 33.1 Å². The predicted molar refractivity (Wildman–Crippen MR) is 109 cm³/mol. The first kappa shape index (κ1) is 22.5. The highest BCUT2D eigenvalue weighted by Crippen LogP contribution is 2.07. The predicted octanol–water partition coefficient (Wildman–Crippen LogP) is 3.14. The molecule has 0 spiro atoms. The van der Waals surface area contributed by atoms with E-state index < -0.39 is 0 Å². The minimum absolute atomic E-state index is 0. The van der Waals surface area contributed by atoms with Crippen LogP contribution in [0.1, 0.15) is 65.7 Å². The van der Waals surface area contributed by atoms with Gasteiger partial charge in [-0.3, -0.25) is 4.79 Å². The molecule has 1 fully saturated rings. The number of unbranched alkanes of at least 4 members (excludes halogenated alkanes) is 3. The first-order chi connectivity index (χ1) is 10.7. The quantitative estimate of drug-likeness (QED) is 0.252. The van der Waals surface area contributed by atoms with Gasteiger partial charge in [-0.25, -0.2) is 4.99 Å². The highest BCUT2D eigenvalue weighted by atomic mass is 127. The van der Waals surface area contributed by atoms with Crippen LogP contribution >= 0.6 is 24.0 Å². The van der Waals surface area contributed by atoms with E-state index in [9.17, 15) is 4.79 Å². The topological polar surface area (TPSA) is 56.7 Å². The minimum Gasteiger partial charge on any atom is -0.357 e. The molecule has 0 aromatic carbocycles. The molecular formula is C17H35IN4O. The van der Waals surface area contributed by atoms with Gasteiger partial charge in [-0.2, -0.15) is 0 Å². The van der Waals surface area contributed by atoms with Crippen molar-refractivity contribution in [2.24, 2.45) is 4.99 Å². The maximum atomic E-state index is 12.0. The molecule has 1 atom stereocenters. The summed E-state index contributed by atoms with van der Waals surface area (Å²) in [6.07, 6.45) is 8.52. The van der Waals surface area contributed by atoms with Crippen molar-refractivity contribution in [3.63, 3.8) is 0 Å². The molecule has 23 heavy (non-hydrogen) atoms. The summed E-state index contributed by atoms with van der Waals surface area (Å²) in [7, 11) is 0. The average molecular weight is 438 g/mol. The molecule has 0 saturated carbocycles. The van der Waals surface area contributed by atoms with Crippen LogP contribution in [0.15, 0.2) is 4.99 Å². The minimum atomic E-state index is 0.